The summed E-state index contributed by atoms with van der Waals surface area (Å²) < 4.78 is 0. The van der Waals surface area contributed by atoms with Crippen molar-refractivity contribution in [2.45, 2.75) is 56.8 Å². The third-order valence-corrected chi connectivity index (χ3v) is 6.13. The van der Waals surface area contributed by atoms with Gasteiger partial charge in [0.05, 0.1) is 0 Å². The van der Waals surface area contributed by atoms with Crippen LogP contribution in [0.1, 0.15) is 43.7 Å². The van der Waals surface area contributed by atoms with Gasteiger partial charge in [0, 0.05) is 29.6 Å². The van der Waals surface area contributed by atoms with E-state index in [2.05, 4.69) is 41.3 Å². The van der Waals surface area contributed by atoms with Gasteiger partial charge in [-0.15, -0.1) is 0 Å². The van der Waals surface area contributed by atoms with E-state index in [-0.39, 0.29) is 5.41 Å². The maximum atomic E-state index is 10.4. The van der Waals surface area contributed by atoms with Crippen molar-refractivity contribution in [2.24, 2.45) is 5.73 Å². The fourth-order valence-electron chi connectivity index (χ4n) is 4.28. The van der Waals surface area contributed by atoms with Crippen molar-refractivity contribution in [3.63, 3.8) is 0 Å². The molecule has 1 unspecified atom stereocenters. The van der Waals surface area contributed by atoms with E-state index in [9.17, 15) is 5.11 Å². The van der Waals surface area contributed by atoms with Gasteiger partial charge in [-0.3, -0.25) is 4.90 Å². The van der Waals surface area contributed by atoms with Crippen molar-refractivity contribution < 1.29 is 5.11 Å². The molecule has 1 atom stereocenters. The first kappa shape index (κ1) is 19.4. The van der Waals surface area contributed by atoms with Gasteiger partial charge in [-0.2, -0.15) is 0 Å². The first-order valence-electron chi connectivity index (χ1n) is 9.48. The van der Waals surface area contributed by atoms with Crippen molar-refractivity contribution >= 4 is 11.6 Å². The normalized spacial score (nSPS) is 24.6. The van der Waals surface area contributed by atoms with Crippen LogP contribution in [0, 0.1) is 0 Å². The maximum absolute atomic E-state index is 10.4. The van der Waals surface area contributed by atoms with Crippen LogP contribution < -0.4 is 5.73 Å². The first-order chi connectivity index (χ1) is 12.5. The van der Waals surface area contributed by atoms with Crippen LogP contribution >= 0.6 is 11.6 Å². The minimum Gasteiger partial charge on any atom is -0.379 e. The second kappa shape index (κ2) is 8.53. The molecule has 3 rings (SSSR count). The summed E-state index contributed by atoms with van der Waals surface area (Å²) in [4.78, 5) is 2.22. The molecule has 0 radical (unpaired) electrons. The summed E-state index contributed by atoms with van der Waals surface area (Å²) in [6.45, 7) is 3.27. The van der Waals surface area contributed by atoms with Crippen LogP contribution in [0.5, 0.6) is 0 Å². The molecule has 140 valence electrons. The lowest BCUT2D eigenvalue weighted by Crippen LogP contribution is -2.48. The van der Waals surface area contributed by atoms with Crippen LogP contribution in [0.25, 0.3) is 0 Å². The van der Waals surface area contributed by atoms with E-state index in [1.807, 2.05) is 25.1 Å². The SMILES string of the molecule is CC(O)N(Cc1ccccc1)C1CCC(CN)(c2cccc(Cl)c2)CC1. The fourth-order valence-corrected chi connectivity index (χ4v) is 4.47. The smallest absolute Gasteiger partial charge is 0.105 e. The van der Waals surface area contributed by atoms with Crippen molar-refractivity contribution in [1.29, 1.82) is 0 Å². The Kier molecular flexibility index (Phi) is 6.36. The highest BCUT2D eigenvalue weighted by molar-refractivity contribution is 6.30. The second-order valence-corrected chi connectivity index (χ2v) is 7.95. The van der Waals surface area contributed by atoms with E-state index in [1.54, 1.807) is 0 Å². The summed E-state index contributed by atoms with van der Waals surface area (Å²) in [5, 5.41) is 11.1. The topological polar surface area (TPSA) is 49.5 Å². The number of nitrogens with two attached hydrogens (primary N) is 1. The van der Waals surface area contributed by atoms with Crippen LogP contribution in [-0.4, -0.2) is 28.8 Å². The zero-order chi connectivity index (χ0) is 18.6. The molecular formula is C22H29ClN2O. The summed E-state index contributed by atoms with van der Waals surface area (Å²) in [7, 11) is 0. The van der Waals surface area contributed by atoms with E-state index in [0.29, 0.717) is 12.6 Å². The molecule has 1 fully saturated rings. The molecule has 0 bridgehead atoms. The molecule has 0 aliphatic heterocycles. The number of benzene rings is 2. The molecule has 0 aromatic heterocycles. The fraction of sp³-hybridized carbons (Fsp3) is 0.455. The molecule has 3 nitrogen and oxygen atoms in total. The highest BCUT2D eigenvalue weighted by Gasteiger charge is 2.38. The molecule has 0 saturated heterocycles. The molecule has 2 aromatic rings. The van der Waals surface area contributed by atoms with Gasteiger partial charge in [-0.1, -0.05) is 54.1 Å². The molecule has 0 amide bonds. The van der Waals surface area contributed by atoms with Gasteiger partial charge >= 0.3 is 0 Å². The minimum atomic E-state index is -0.461. The lowest BCUT2D eigenvalue weighted by Gasteiger charge is -2.44. The lowest BCUT2D eigenvalue weighted by atomic mass is 9.68. The van der Waals surface area contributed by atoms with Crippen molar-refractivity contribution in [2.75, 3.05) is 6.54 Å². The molecular weight excluding hydrogens is 344 g/mol. The Balaban J connectivity index is 1.72. The standard InChI is InChI=1S/C22H29ClN2O/c1-17(26)25(15-18-6-3-2-4-7-18)21-10-12-22(16-24,13-11-21)19-8-5-9-20(23)14-19/h2-9,14,17,21,26H,10-13,15-16,24H2,1H3. The Morgan fingerprint density at radius 3 is 2.42 bits per heavy atom. The van der Waals surface area contributed by atoms with Crippen LogP contribution in [0.4, 0.5) is 0 Å². The number of nitrogens with zero attached hydrogens (tertiary/aromatic N) is 1. The van der Waals surface area contributed by atoms with E-state index in [4.69, 9.17) is 17.3 Å². The molecule has 26 heavy (non-hydrogen) atoms. The number of halogens is 1. The summed E-state index contributed by atoms with van der Waals surface area (Å²) in [6, 6.07) is 18.9. The largest absolute Gasteiger partial charge is 0.379 e. The summed E-state index contributed by atoms with van der Waals surface area (Å²) >= 11 is 6.21. The van der Waals surface area contributed by atoms with Crippen LogP contribution in [-0.2, 0) is 12.0 Å². The van der Waals surface area contributed by atoms with Gasteiger partial charge in [0.25, 0.3) is 0 Å². The average molecular weight is 373 g/mol. The second-order valence-electron chi connectivity index (χ2n) is 7.52. The van der Waals surface area contributed by atoms with Gasteiger partial charge in [0.15, 0.2) is 0 Å². The van der Waals surface area contributed by atoms with Gasteiger partial charge < -0.3 is 10.8 Å². The van der Waals surface area contributed by atoms with Gasteiger partial charge in [0.2, 0.25) is 0 Å². The van der Waals surface area contributed by atoms with Gasteiger partial charge in [0.1, 0.15) is 6.23 Å². The van der Waals surface area contributed by atoms with Crippen molar-refractivity contribution in [3.05, 3.63) is 70.7 Å². The van der Waals surface area contributed by atoms with Gasteiger partial charge in [-0.05, 0) is 55.9 Å². The summed E-state index contributed by atoms with van der Waals surface area (Å²) in [5.41, 5.74) is 8.70. The van der Waals surface area contributed by atoms with E-state index >= 15 is 0 Å². The van der Waals surface area contributed by atoms with Crippen LogP contribution in [0.2, 0.25) is 5.02 Å². The summed E-state index contributed by atoms with van der Waals surface area (Å²) in [5.74, 6) is 0. The molecule has 0 spiro atoms. The quantitative estimate of drug-likeness (QED) is 0.742. The number of hydrogen-bond acceptors (Lipinski definition) is 3. The number of rotatable bonds is 6. The highest BCUT2D eigenvalue weighted by atomic mass is 35.5. The monoisotopic (exact) mass is 372 g/mol. The molecule has 4 heteroatoms. The molecule has 1 saturated carbocycles. The predicted octanol–water partition coefficient (Wildman–Crippen LogP) is 4.32. The molecule has 0 heterocycles. The van der Waals surface area contributed by atoms with Crippen LogP contribution in [0.3, 0.4) is 0 Å². The average Bonchev–Trinajstić information content (AvgIpc) is 2.67. The van der Waals surface area contributed by atoms with Crippen molar-refractivity contribution in [1.82, 2.24) is 4.90 Å². The Hall–Kier alpha value is -1.39. The molecule has 1 aliphatic carbocycles. The zero-order valence-electron chi connectivity index (χ0n) is 15.4. The minimum absolute atomic E-state index is 0.00148. The highest BCUT2D eigenvalue weighted by Crippen LogP contribution is 2.41. The van der Waals surface area contributed by atoms with E-state index in [0.717, 1.165) is 37.3 Å². The van der Waals surface area contributed by atoms with Crippen LogP contribution in [0.15, 0.2) is 54.6 Å². The Bertz CT molecular complexity index is 696. The van der Waals surface area contributed by atoms with E-state index in [1.165, 1.54) is 11.1 Å². The Labute approximate surface area is 161 Å². The zero-order valence-corrected chi connectivity index (χ0v) is 16.2. The number of aliphatic hydroxyl groups is 1. The van der Waals surface area contributed by atoms with Gasteiger partial charge in [-0.25, -0.2) is 0 Å². The third-order valence-electron chi connectivity index (χ3n) is 5.90. The molecule has 3 N–H and O–H groups in total. The molecule has 2 aromatic carbocycles. The third kappa shape index (κ3) is 4.29. The first-order valence-corrected chi connectivity index (χ1v) is 9.86. The molecule has 1 aliphatic rings. The Morgan fingerprint density at radius 2 is 1.85 bits per heavy atom. The Morgan fingerprint density at radius 1 is 1.15 bits per heavy atom. The van der Waals surface area contributed by atoms with E-state index < -0.39 is 6.23 Å². The predicted molar refractivity (Wildman–Crippen MR) is 108 cm³/mol. The maximum Gasteiger partial charge on any atom is 0.105 e. The van der Waals surface area contributed by atoms with Crippen molar-refractivity contribution in [3.8, 4) is 0 Å². The number of aliphatic hydroxyl groups excluding tert-OH is 1. The number of hydrogen-bond donors (Lipinski definition) is 2. The summed E-state index contributed by atoms with van der Waals surface area (Å²) in [6.07, 6.45) is 3.64. The lowest BCUT2D eigenvalue weighted by molar-refractivity contribution is -0.0339.